The van der Waals surface area contributed by atoms with Gasteiger partial charge in [-0.1, -0.05) is 54.6 Å². The summed E-state index contributed by atoms with van der Waals surface area (Å²) in [6, 6.07) is 25.5. The van der Waals surface area contributed by atoms with Gasteiger partial charge >= 0.3 is 0 Å². The second kappa shape index (κ2) is 7.53. The van der Waals surface area contributed by atoms with Gasteiger partial charge in [0.15, 0.2) is 5.75 Å². The van der Waals surface area contributed by atoms with Crippen molar-refractivity contribution in [2.24, 2.45) is 4.99 Å². The van der Waals surface area contributed by atoms with Crippen LogP contribution in [0.5, 0.6) is 5.75 Å². The first-order valence-corrected chi connectivity index (χ1v) is 9.14. The number of aromatic nitrogens is 1. The summed E-state index contributed by atoms with van der Waals surface area (Å²) < 4.78 is 1.48. The number of fused-ring (bicyclic) bond motifs is 1. The van der Waals surface area contributed by atoms with Gasteiger partial charge < -0.3 is 5.11 Å². The summed E-state index contributed by atoms with van der Waals surface area (Å²) in [7, 11) is 0. The molecular weight excluding hydrogens is 348 g/mol. The molecule has 28 heavy (non-hydrogen) atoms. The molecule has 4 heteroatoms. The lowest BCUT2D eigenvalue weighted by atomic mass is 10.1. The lowest BCUT2D eigenvalue weighted by Crippen LogP contribution is -2.08. The monoisotopic (exact) mass is 368 g/mol. The maximum Gasteiger partial charge on any atom is 0.228 e. The number of hydrogen-bond donors (Lipinski definition) is 1. The number of aliphatic imine (C=N–C) groups is 1. The van der Waals surface area contributed by atoms with Crippen molar-refractivity contribution in [1.82, 2.24) is 4.57 Å². The first-order chi connectivity index (χ1) is 13.6. The molecule has 0 amide bonds. The summed E-state index contributed by atoms with van der Waals surface area (Å²) in [6.45, 7) is 1.47. The van der Waals surface area contributed by atoms with Crippen LogP contribution in [0.3, 0.4) is 0 Å². The third kappa shape index (κ3) is 3.45. The standard InChI is InChI=1S/C24H20N2O2/c1-17(27)26-22-10-6-5-9-21(22)24(28)23(26)16-25-20-13-11-19(12-14-20)15-18-7-3-2-4-8-18/h2-14,16,28H,15H2,1H3. The molecule has 0 bridgehead atoms. The van der Waals surface area contributed by atoms with Gasteiger partial charge in [0.1, 0.15) is 5.69 Å². The zero-order chi connectivity index (χ0) is 19.5. The van der Waals surface area contributed by atoms with Crippen LogP contribution >= 0.6 is 0 Å². The highest BCUT2D eigenvalue weighted by Crippen LogP contribution is 2.31. The van der Waals surface area contributed by atoms with Crippen molar-refractivity contribution in [3.05, 3.63) is 95.7 Å². The first kappa shape index (κ1) is 17.7. The van der Waals surface area contributed by atoms with E-state index >= 15 is 0 Å². The smallest absolute Gasteiger partial charge is 0.228 e. The summed E-state index contributed by atoms with van der Waals surface area (Å²) in [5, 5.41) is 11.2. The van der Waals surface area contributed by atoms with Gasteiger partial charge in [-0.25, -0.2) is 0 Å². The molecule has 0 saturated heterocycles. The van der Waals surface area contributed by atoms with Crippen LogP contribution in [0.15, 0.2) is 83.9 Å². The number of para-hydroxylation sites is 1. The fraction of sp³-hybridized carbons (Fsp3) is 0.0833. The third-order valence-corrected chi connectivity index (χ3v) is 4.72. The number of nitrogens with zero attached hydrogens (tertiary/aromatic N) is 2. The van der Waals surface area contributed by atoms with Crippen LogP contribution in [-0.2, 0) is 6.42 Å². The van der Waals surface area contributed by atoms with E-state index in [2.05, 4.69) is 17.1 Å². The topological polar surface area (TPSA) is 54.6 Å². The van der Waals surface area contributed by atoms with Crippen molar-refractivity contribution in [2.75, 3.05) is 0 Å². The van der Waals surface area contributed by atoms with E-state index in [1.807, 2.05) is 60.7 Å². The first-order valence-electron chi connectivity index (χ1n) is 9.14. The molecule has 138 valence electrons. The molecule has 0 aliphatic heterocycles. The van der Waals surface area contributed by atoms with Crippen LogP contribution in [0.4, 0.5) is 5.69 Å². The zero-order valence-corrected chi connectivity index (χ0v) is 15.5. The third-order valence-electron chi connectivity index (χ3n) is 4.72. The van der Waals surface area contributed by atoms with E-state index in [0.29, 0.717) is 16.6 Å². The summed E-state index contributed by atoms with van der Waals surface area (Å²) in [4.78, 5) is 16.6. The molecule has 1 heterocycles. The number of aromatic hydroxyl groups is 1. The van der Waals surface area contributed by atoms with Crippen LogP contribution in [0.1, 0.15) is 28.5 Å². The molecule has 0 aliphatic carbocycles. The maximum atomic E-state index is 12.1. The predicted octanol–water partition coefficient (Wildman–Crippen LogP) is 5.35. The second-order valence-electron chi connectivity index (χ2n) is 6.69. The quantitative estimate of drug-likeness (QED) is 0.494. The van der Waals surface area contributed by atoms with Crippen LogP contribution in [0.2, 0.25) is 0 Å². The Bertz CT molecular complexity index is 1160. The molecule has 1 N–H and O–H groups in total. The summed E-state index contributed by atoms with van der Waals surface area (Å²) in [5.41, 5.74) is 4.28. The van der Waals surface area contributed by atoms with Gasteiger partial charge in [-0.15, -0.1) is 0 Å². The van der Waals surface area contributed by atoms with Crippen molar-refractivity contribution < 1.29 is 9.90 Å². The minimum Gasteiger partial charge on any atom is -0.505 e. The average molecular weight is 368 g/mol. The number of hydrogen-bond acceptors (Lipinski definition) is 3. The highest BCUT2D eigenvalue weighted by Gasteiger charge is 2.17. The Morgan fingerprint density at radius 1 is 0.929 bits per heavy atom. The minimum absolute atomic E-state index is 0.0650. The fourth-order valence-electron chi connectivity index (χ4n) is 3.37. The number of carbonyl (C=O) groups excluding carboxylic acids is 1. The lowest BCUT2D eigenvalue weighted by Gasteiger charge is -2.03. The highest BCUT2D eigenvalue weighted by atomic mass is 16.3. The van der Waals surface area contributed by atoms with E-state index < -0.39 is 0 Å². The van der Waals surface area contributed by atoms with Crippen LogP contribution < -0.4 is 0 Å². The van der Waals surface area contributed by atoms with E-state index in [0.717, 1.165) is 12.1 Å². The molecular formula is C24H20N2O2. The summed E-state index contributed by atoms with van der Waals surface area (Å²) in [6.07, 6.45) is 2.41. The van der Waals surface area contributed by atoms with E-state index in [9.17, 15) is 9.90 Å². The molecule has 1 aromatic heterocycles. The molecule has 0 saturated carbocycles. The molecule has 0 fully saturated rings. The SMILES string of the molecule is CC(=O)n1c(C=Nc2ccc(Cc3ccccc3)cc2)c(O)c2ccccc21. The van der Waals surface area contributed by atoms with Crippen LogP contribution in [0, 0.1) is 0 Å². The van der Waals surface area contributed by atoms with Crippen LogP contribution in [-0.4, -0.2) is 21.8 Å². The van der Waals surface area contributed by atoms with Gasteiger partial charge in [-0.3, -0.25) is 14.4 Å². The molecule has 0 aliphatic rings. The van der Waals surface area contributed by atoms with Gasteiger partial charge in [0.2, 0.25) is 5.91 Å². The summed E-state index contributed by atoms with van der Waals surface area (Å²) >= 11 is 0. The Balaban J connectivity index is 1.62. The maximum absolute atomic E-state index is 12.1. The van der Waals surface area contributed by atoms with E-state index in [-0.39, 0.29) is 11.7 Å². The van der Waals surface area contributed by atoms with E-state index in [1.165, 1.54) is 22.6 Å². The van der Waals surface area contributed by atoms with Crippen LogP contribution in [0.25, 0.3) is 10.9 Å². The van der Waals surface area contributed by atoms with E-state index in [4.69, 9.17) is 0 Å². The molecule has 4 rings (SSSR count). The van der Waals surface area contributed by atoms with E-state index in [1.54, 1.807) is 12.3 Å². The van der Waals surface area contributed by atoms with Crippen molar-refractivity contribution in [3.8, 4) is 5.75 Å². The number of carbonyl (C=O) groups is 1. The van der Waals surface area contributed by atoms with Gasteiger partial charge in [-0.2, -0.15) is 0 Å². The Labute approximate surface area is 163 Å². The van der Waals surface area contributed by atoms with Crippen molar-refractivity contribution in [3.63, 3.8) is 0 Å². The average Bonchev–Trinajstić information content (AvgIpc) is 3.00. The Morgan fingerprint density at radius 2 is 1.57 bits per heavy atom. The number of rotatable bonds is 4. The van der Waals surface area contributed by atoms with Gasteiger partial charge in [0, 0.05) is 12.3 Å². The molecule has 3 aromatic carbocycles. The van der Waals surface area contributed by atoms with Crippen molar-refractivity contribution >= 4 is 28.7 Å². The van der Waals surface area contributed by atoms with Crippen molar-refractivity contribution in [2.45, 2.75) is 13.3 Å². The van der Waals surface area contributed by atoms with Gasteiger partial charge in [0.05, 0.1) is 17.4 Å². The predicted molar refractivity (Wildman–Crippen MR) is 113 cm³/mol. The Morgan fingerprint density at radius 3 is 2.29 bits per heavy atom. The molecule has 0 unspecified atom stereocenters. The molecule has 0 atom stereocenters. The summed E-state index contributed by atoms with van der Waals surface area (Å²) in [5.74, 6) is -0.105. The molecule has 0 spiro atoms. The molecule has 0 radical (unpaired) electrons. The Hall–Kier alpha value is -3.66. The van der Waals surface area contributed by atoms with Gasteiger partial charge in [0.25, 0.3) is 0 Å². The second-order valence-corrected chi connectivity index (χ2v) is 6.69. The van der Waals surface area contributed by atoms with Crippen molar-refractivity contribution in [1.29, 1.82) is 0 Å². The largest absolute Gasteiger partial charge is 0.505 e. The van der Waals surface area contributed by atoms with Gasteiger partial charge in [-0.05, 0) is 41.8 Å². The normalized spacial score (nSPS) is 11.3. The minimum atomic E-state index is -0.170. The lowest BCUT2D eigenvalue weighted by molar-refractivity contribution is 0.0940. The Kier molecular flexibility index (Phi) is 4.77. The highest BCUT2D eigenvalue weighted by molar-refractivity contribution is 6.04. The fourth-order valence-corrected chi connectivity index (χ4v) is 3.37. The molecule has 4 nitrogen and oxygen atoms in total. The number of benzene rings is 3. The zero-order valence-electron chi connectivity index (χ0n) is 15.5. The molecule has 4 aromatic rings.